The monoisotopic (exact) mass is 202 g/mol. The summed E-state index contributed by atoms with van der Waals surface area (Å²) in [6.07, 6.45) is 2.45. The molecule has 2 atom stereocenters. The van der Waals surface area contributed by atoms with E-state index in [0.717, 1.165) is 12.8 Å². The highest BCUT2D eigenvalue weighted by atomic mass is 16.6. The van der Waals surface area contributed by atoms with Crippen LogP contribution in [0.5, 0.6) is 0 Å². The molecule has 1 saturated heterocycles. The molecule has 0 amide bonds. The summed E-state index contributed by atoms with van der Waals surface area (Å²) in [7, 11) is 0. The molecule has 15 heavy (non-hydrogen) atoms. The minimum absolute atomic E-state index is 0.0327. The van der Waals surface area contributed by atoms with Gasteiger partial charge in [0.05, 0.1) is 0 Å². The molecule has 1 aliphatic heterocycles. The van der Waals surface area contributed by atoms with Gasteiger partial charge in [0, 0.05) is 18.3 Å². The maximum Gasteiger partial charge on any atom is 0.306 e. The van der Waals surface area contributed by atoms with Crippen molar-refractivity contribution < 1.29 is 9.53 Å². The van der Waals surface area contributed by atoms with Crippen LogP contribution in [-0.4, -0.2) is 11.6 Å². The van der Waals surface area contributed by atoms with Gasteiger partial charge in [0.15, 0.2) is 0 Å². The molecule has 1 aromatic carbocycles. The highest BCUT2D eigenvalue weighted by Gasteiger charge is 2.70. The lowest BCUT2D eigenvalue weighted by atomic mass is 9.93. The second kappa shape index (κ2) is 2.63. The predicted molar refractivity (Wildman–Crippen MR) is 56.5 cm³/mol. The topological polar surface area (TPSA) is 26.3 Å². The molecule has 1 heterocycles. The first-order chi connectivity index (χ1) is 7.16. The van der Waals surface area contributed by atoms with E-state index in [1.165, 1.54) is 5.56 Å². The van der Waals surface area contributed by atoms with E-state index in [1.54, 1.807) is 0 Å². The Morgan fingerprint density at radius 1 is 1.27 bits per heavy atom. The van der Waals surface area contributed by atoms with Crippen molar-refractivity contribution in [1.82, 2.24) is 0 Å². The molecular formula is C13H14O2. The molecule has 3 rings (SSSR count). The van der Waals surface area contributed by atoms with Gasteiger partial charge in [-0.15, -0.1) is 0 Å². The molecule has 0 aromatic heterocycles. The van der Waals surface area contributed by atoms with Gasteiger partial charge >= 0.3 is 5.97 Å². The Labute approximate surface area is 89.2 Å². The fourth-order valence-electron chi connectivity index (χ4n) is 2.83. The molecule has 0 radical (unpaired) electrons. The average Bonchev–Trinajstić information content (AvgIpc) is 2.63. The second-order valence-corrected chi connectivity index (χ2v) is 4.84. The third-order valence-electron chi connectivity index (χ3n) is 3.97. The van der Waals surface area contributed by atoms with Crippen molar-refractivity contribution >= 4 is 5.97 Å². The molecule has 2 nitrogen and oxygen atoms in total. The summed E-state index contributed by atoms with van der Waals surface area (Å²) in [4.78, 5) is 11.2. The van der Waals surface area contributed by atoms with Crippen LogP contribution in [0.3, 0.4) is 0 Å². The molecule has 2 aliphatic rings. The molecule has 0 N–H and O–H groups in total. The third kappa shape index (κ3) is 1.08. The summed E-state index contributed by atoms with van der Waals surface area (Å²) in [5, 5.41) is 0. The maximum absolute atomic E-state index is 11.2. The third-order valence-corrected chi connectivity index (χ3v) is 3.97. The van der Waals surface area contributed by atoms with Gasteiger partial charge in [0.25, 0.3) is 0 Å². The van der Waals surface area contributed by atoms with E-state index in [2.05, 4.69) is 19.1 Å². The molecule has 0 bridgehead atoms. The lowest BCUT2D eigenvalue weighted by Gasteiger charge is -2.17. The van der Waals surface area contributed by atoms with Gasteiger partial charge in [0.1, 0.15) is 5.60 Å². The second-order valence-electron chi connectivity index (χ2n) is 4.84. The van der Waals surface area contributed by atoms with Gasteiger partial charge in [-0.25, -0.2) is 0 Å². The van der Waals surface area contributed by atoms with Crippen LogP contribution in [-0.2, 0) is 14.9 Å². The Morgan fingerprint density at radius 3 is 2.60 bits per heavy atom. The van der Waals surface area contributed by atoms with Crippen LogP contribution in [0.1, 0.15) is 31.7 Å². The van der Waals surface area contributed by atoms with E-state index >= 15 is 0 Å². The van der Waals surface area contributed by atoms with E-state index in [1.807, 2.05) is 18.2 Å². The molecule has 0 unspecified atom stereocenters. The molecule has 2 fully saturated rings. The molecule has 1 spiro atoms. The van der Waals surface area contributed by atoms with Gasteiger partial charge in [-0.2, -0.15) is 0 Å². The number of hydrogen-bond acceptors (Lipinski definition) is 2. The number of carbonyl (C=O) groups excluding carboxylic acids is 1. The van der Waals surface area contributed by atoms with Gasteiger partial charge in [-0.1, -0.05) is 37.3 Å². The zero-order valence-corrected chi connectivity index (χ0v) is 8.82. The standard InChI is InChI=1S/C13H14O2/c1-12(10-5-3-2-4-6-10)9-13(12)8-7-11(14)15-13/h2-6H,7-9H2,1H3/t12-,13+/m1/s1. The highest BCUT2D eigenvalue weighted by Crippen LogP contribution is 2.64. The molecule has 78 valence electrons. The number of benzene rings is 1. The number of rotatable bonds is 1. The summed E-state index contributed by atoms with van der Waals surface area (Å²) < 4.78 is 5.49. The van der Waals surface area contributed by atoms with Crippen molar-refractivity contribution in [3.05, 3.63) is 35.9 Å². The van der Waals surface area contributed by atoms with Crippen LogP contribution < -0.4 is 0 Å². The largest absolute Gasteiger partial charge is 0.458 e. The lowest BCUT2D eigenvalue weighted by Crippen LogP contribution is -2.20. The molecule has 1 aromatic rings. The average molecular weight is 202 g/mol. The highest BCUT2D eigenvalue weighted by molar-refractivity contribution is 5.74. The van der Waals surface area contributed by atoms with Crippen LogP contribution in [0.15, 0.2) is 30.3 Å². The van der Waals surface area contributed by atoms with Crippen molar-refractivity contribution in [2.45, 2.75) is 37.2 Å². The Bertz CT molecular complexity index is 412. The Hall–Kier alpha value is -1.31. The number of esters is 1. The van der Waals surface area contributed by atoms with Crippen molar-refractivity contribution in [2.75, 3.05) is 0 Å². The smallest absolute Gasteiger partial charge is 0.306 e. The summed E-state index contributed by atoms with van der Waals surface area (Å²) in [6.45, 7) is 2.20. The first-order valence-electron chi connectivity index (χ1n) is 5.44. The predicted octanol–water partition coefficient (Wildman–Crippen LogP) is 2.42. The Morgan fingerprint density at radius 2 is 2.00 bits per heavy atom. The van der Waals surface area contributed by atoms with E-state index < -0.39 is 0 Å². The summed E-state index contributed by atoms with van der Waals surface area (Å²) in [5.74, 6) is -0.0327. The van der Waals surface area contributed by atoms with Crippen molar-refractivity contribution in [1.29, 1.82) is 0 Å². The molecule has 2 heteroatoms. The zero-order valence-electron chi connectivity index (χ0n) is 8.82. The van der Waals surface area contributed by atoms with E-state index in [0.29, 0.717) is 6.42 Å². The Balaban J connectivity index is 1.93. The summed E-state index contributed by atoms with van der Waals surface area (Å²) in [6, 6.07) is 10.4. The van der Waals surface area contributed by atoms with Gasteiger partial charge in [-0.3, -0.25) is 4.79 Å². The van der Waals surface area contributed by atoms with Crippen LogP contribution in [0.25, 0.3) is 0 Å². The SMILES string of the molecule is C[C@]1(c2ccccc2)C[C@@]12CCC(=O)O2. The fraction of sp³-hybridized carbons (Fsp3) is 0.462. The Kier molecular flexibility index (Phi) is 1.57. The lowest BCUT2D eigenvalue weighted by molar-refractivity contribution is -0.143. The van der Waals surface area contributed by atoms with Crippen LogP contribution in [0.4, 0.5) is 0 Å². The minimum Gasteiger partial charge on any atom is -0.458 e. The summed E-state index contributed by atoms with van der Waals surface area (Å²) in [5.41, 5.74) is 1.17. The van der Waals surface area contributed by atoms with Crippen LogP contribution in [0, 0.1) is 0 Å². The zero-order chi connectivity index (χ0) is 10.5. The quantitative estimate of drug-likeness (QED) is 0.654. The van der Waals surface area contributed by atoms with E-state index in [9.17, 15) is 4.79 Å². The van der Waals surface area contributed by atoms with Gasteiger partial charge in [0.2, 0.25) is 0 Å². The normalized spacial score (nSPS) is 38.1. The first kappa shape index (κ1) is 8.96. The summed E-state index contributed by atoms with van der Waals surface area (Å²) >= 11 is 0. The van der Waals surface area contributed by atoms with Crippen molar-refractivity contribution in [2.24, 2.45) is 0 Å². The number of ether oxygens (including phenoxy) is 1. The first-order valence-corrected chi connectivity index (χ1v) is 5.44. The fourth-order valence-corrected chi connectivity index (χ4v) is 2.83. The van der Waals surface area contributed by atoms with Crippen LogP contribution >= 0.6 is 0 Å². The molecular weight excluding hydrogens is 188 g/mol. The maximum atomic E-state index is 11.2. The number of carbonyl (C=O) groups is 1. The minimum atomic E-state index is -0.175. The number of hydrogen-bond donors (Lipinski definition) is 0. The van der Waals surface area contributed by atoms with Crippen molar-refractivity contribution in [3.8, 4) is 0 Å². The van der Waals surface area contributed by atoms with E-state index in [4.69, 9.17) is 4.74 Å². The van der Waals surface area contributed by atoms with Gasteiger partial charge in [-0.05, 0) is 12.0 Å². The molecule has 1 saturated carbocycles. The van der Waals surface area contributed by atoms with Crippen molar-refractivity contribution in [3.63, 3.8) is 0 Å². The van der Waals surface area contributed by atoms with Crippen LogP contribution in [0.2, 0.25) is 0 Å². The van der Waals surface area contributed by atoms with E-state index in [-0.39, 0.29) is 17.0 Å². The molecule has 1 aliphatic carbocycles. The van der Waals surface area contributed by atoms with Gasteiger partial charge < -0.3 is 4.74 Å².